The van der Waals surface area contributed by atoms with Gasteiger partial charge in [-0.05, 0) is 36.8 Å². The fourth-order valence-corrected chi connectivity index (χ4v) is 2.64. The monoisotopic (exact) mass is 321 g/mol. The normalized spacial score (nSPS) is 11.9. The van der Waals surface area contributed by atoms with E-state index in [4.69, 9.17) is 0 Å². The number of para-hydroxylation sites is 1. The second kappa shape index (κ2) is 6.58. The zero-order valence-corrected chi connectivity index (χ0v) is 13.6. The van der Waals surface area contributed by atoms with Crippen LogP contribution in [0.2, 0.25) is 0 Å². The predicted octanol–water partition coefficient (Wildman–Crippen LogP) is 3.62. The molecule has 3 N–H and O–H groups in total. The van der Waals surface area contributed by atoms with Crippen LogP contribution in [0, 0.1) is 0 Å². The maximum atomic E-state index is 12.4. The van der Waals surface area contributed by atoms with E-state index in [0.29, 0.717) is 11.4 Å². The molecule has 0 saturated carbocycles. The van der Waals surface area contributed by atoms with Crippen molar-refractivity contribution in [3.8, 4) is 0 Å². The summed E-state index contributed by atoms with van der Waals surface area (Å²) < 4.78 is 0. The Hall–Kier alpha value is -3.08. The van der Waals surface area contributed by atoms with E-state index in [0.717, 1.165) is 16.5 Å². The van der Waals surface area contributed by atoms with Crippen molar-refractivity contribution in [3.05, 3.63) is 65.9 Å². The summed E-state index contributed by atoms with van der Waals surface area (Å²) >= 11 is 0. The van der Waals surface area contributed by atoms with Crippen LogP contribution in [0.4, 0.5) is 5.69 Å². The lowest BCUT2D eigenvalue weighted by Crippen LogP contribution is -2.27. The third-order valence-electron chi connectivity index (χ3n) is 3.83. The van der Waals surface area contributed by atoms with E-state index in [-0.39, 0.29) is 17.9 Å². The topological polar surface area (TPSA) is 74.0 Å². The van der Waals surface area contributed by atoms with Crippen LogP contribution in [-0.2, 0) is 4.79 Å². The number of anilines is 1. The lowest BCUT2D eigenvalue weighted by atomic mass is 10.1. The second-order valence-electron chi connectivity index (χ2n) is 5.77. The van der Waals surface area contributed by atoms with Crippen LogP contribution in [0.25, 0.3) is 10.9 Å². The standard InChI is InChI=1S/C19H19N3O2/c1-12(14-7-5-8-16(10-14)21-13(2)23)20-19(24)18-11-15-6-3-4-9-17(15)22-18/h3-12,22H,1-2H3,(H,20,24)(H,21,23)/t12-/m0/s1. The first kappa shape index (κ1) is 15.8. The van der Waals surface area contributed by atoms with Gasteiger partial charge >= 0.3 is 0 Å². The van der Waals surface area contributed by atoms with E-state index in [1.54, 1.807) is 0 Å². The molecule has 0 spiro atoms. The van der Waals surface area contributed by atoms with Crippen molar-refractivity contribution in [2.24, 2.45) is 0 Å². The van der Waals surface area contributed by atoms with Crippen molar-refractivity contribution in [1.29, 1.82) is 0 Å². The van der Waals surface area contributed by atoms with Crippen LogP contribution < -0.4 is 10.6 Å². The zero-order chi connectivity index (χ0) is 17.1. The molecule has 24 heavy (non-hydrogen) atoms. The number of nitrogens with one attached hydrogen (secondary N) is 3. The quantitative estimate of drug-likeness (QED) is 0.686. The predicted molar refractivity (Wildman–Crippen MR) is 94.9 cm³/mol. The molecular weight excluding hydrogens is 302 g/mol. The highest BCUT2D eigenvalue weighted by atomic mass is 16.2. The van der Waals surface area contributed by atoms with Gasteiger partial charge < -0.3 is 15.6 Å². The highest BCUT2D eigenvalue weighted by molar-refractivity contribution is 5.98. The van der Waals surface area contributed by atoms with E-state index >= 15 is 0 Å². The number of hydrogen-bond donors (Lipinski definition) is 3. The molecule has 0 saturated heterocycles. The van der Waals surface area contributed by atoms with Crippen molar-refractivity contribution in [2.45, 2.75) is 19.9 Å². The van der Waals surface area contributed by atoms with E-state index in [2.05, 4.69) is 15.6 Å². The van der Waals surface area contributed by atoms with Crippen molar-refractivity contribution < 1.29 is 9.59 Å². The molecule has 0 aliphatic heterocycles. The van der Waals surface area contributed by atoms with Crippen LogP contribution in [0.5, 0.6) is 0 Å². The van der Waals surface area contributed by atoms with Gasteiger partial charge in [0.1, 0.15) is 5.69 Å². The minimum Gasteiger partial charge on any atom is -0.351 e. The van der Waals surface area contributed by atoms with E-state index < -0.39 is 0 Å². The summed E-state index contributed by atoms with van der Waals surface area (Å²) in [5, 5.41) is 6.72. The molecule has 1 atom stereocenters. The molecule has 0 aliphatic rings. The van der Waals surface area contributed by atoms with Gasteiger partial charge in [0.25, 0.3) is 5.91 Å². The molecule has 0 aliphatic carbocycles. The molecule has 5 heteroatoms. The molecule has 5 nitrogen and oxygen atoms in total. The highest BCUT2D eigenvalue weighted by Crippen LogP contribution is 2.19. The van der Waals surface area contributed by atoms with Gasteiger partial charge in [-0.1, -0.05) is 30.3 Å². The number of rotatable bonds is 4. The maximum absolute atomic E-state index is 12.4. The Morgan fingerprint density at radius 2 is 1.83 bits per heavy atom. The Morgan fingerprint density at radius 3 is 2.58 bits per heavy atom. The molecule has 2 aromatic carbocycles. The van der Waals surface area contributed by atoms with Crippen LogP contribution in [0.15, 0.2) is 54.6 Å². The summed E-state index contributed by atoms with van der Waals surface area (Å²) in [7, 11) is 0. The van der Waals surface area contributed by atoms with E-state index in [9.17, 15) is 9.59 Å². The Balaban J connectivity index is 1.75. The summed E-state index contributed by atoms with van der Waals surface area (Å²) in [5.74, 6) is -0.287. The van der Waals surface area contributed by atoms with Gasteiger partial charge in [-0.3, -0.25) is 9.59 Å². The molecule has 0 fully saturated rings. The number of hydrogen-bond acceptors (Lipinski definition) is 2. The van der Waals surface area contributed by atoms with Crippen molar-refractivity contribution >= 4 is 28.4 Å². The first-order chi connectivity index (χ1) is 11.5. The fourth-order valence-electron chi connectivity index (χ4n) is 2.64. The Bertz CT molecular complexity index is 865. The highest BCUT2D eigenvalue weighted by Gasteiger charge is 2.14. The molecular formula is C19H19N3O2. The smallest absolute Gasteiger partial charge is 0.268 e. The van der Waals surface area contributed by atoms with Gasteiger partial charge in [-0.15, -0.1) is 0 Å². The van der Waals surface area contributed by atoms with Crippen molar-refractivity contribution in [3.63, 3.8) is 0 Å². The number of amides is 2. The summed E-state index contributed by atoms with van der Waals surface area (Å²) in [5.41, 5.74) is 3.10. The fraction of sp³-hybridized carbons (Fsp3) is 0.158. The van der Waals surface area contributed by atoms with Crippen LogP contribution in [0.3, 0.4) is 0 Å². The Labute approximate surface area is 140 Å². The third-order valence-corrected chi connectivity index (χ3v) is 3.83. The van der Waals surface area contributed by atoms with Gasteiger partial charge in [0, 0.05) is 23.5 Å². The third kappa shape index (κ3) is 3.46. The zero-order valence-electron chi connectivity index (χ0n) is 13.6. The van der Waals surface area contributed by atoms with Crippen molar-refractivity contribution in [2.75, 3.05) is 5.32 Å². The molecule has 1 aromatic heterocycles. The number of carbonyl (C=O) groups is 2. The SMILES string of the molecule is CC(=O)Nc1cccc([C@H](C)NC(=O)c2cc3ccccc3[nH]2)c1. The molecule has 0 radical (unpaired) electrons. The maximum Gasteiger partial charge on any atom is 0.268 e. The second-order valence-corrected chi connectivity index (χ2v) is 5.77. The first-order valence-electron chi connectivity index (χ1n) is 7.79. The molecule has 0 bridgehead atoms. The van der Waals surface area contributed by atoms with Gasteiger partial charge in [0.05, 0.1) is 6.04 Å². The summed E-state index contributed by atoms with van der Waals surface area (Å²) in [6.07, 6.45) is 0. The molecule has 2 amide bonds. The number of benzene rings is 2. The van der Waals surface area contributed by atoms with Crippen LogP contribution in [0.1, 0.15) is 35.9 Å². The molecule has 3 rings (SSSR count). The molecule has 0 unspecified atom stereocenters. The average molecular weight is 321 g/mol. The first-order valence-corrected chi connectivity index (χ1v) is 7.79. The molecule has 1 heterocycles. The minimum atomic E-state index is -0.183. The molecule has 3 aromatic rings. The number of aromatic amines is 1. The largest absolute Gasteiger partial charge is 0.351 e. The number of H-pyrrole nitrogens is 1. The Morgan fingerprint density at radius 1 is 1.04 bits per heavy atom. The summed E-state index contributed by atoms with van der Waals surface area (Å²) in [6.45, 7) is 3.38. The average Bonchev–Trinajstić information content (AvgIpc) is 2.98. The summed E-state index contributed by atoms with van der Waals surface area (Å²) in [6, 6.07) is 16.9. The van der Waals surface area contributed by atoms with Crippen molar-refractivity contribution in [1.82, 2.24) is 10.3 Å². The van der Waals surface area contributed by atoms with E-state index in [1.807, 2.05) is 61.5 Å². The minimum absolute atomic E-state index is 0.123. The van der Waals surface area contributed by atoms with Gasteiger partial charge in [-0.2, -0.15) is 0 Å². The number of carbonyl (C=O) groups excluding carboxylic acids is 2. The van der Waals surface area contributed by atoms with E-state index in [1.165, 1.54) is 6.92 Å². The van der Waals surface area contributed by atoms with Gasteiger partial charge in [0.15, 0.2) is 0 Å². The summed E-state index contributed by atoms with van der Waals surface area (Å²) in [4.78, 5) is 26.7. The van der Waals surface area contributed by atoms with Gasteiger partial charge in [0.2, 0.25) is 5.91 Å². The lowest BCUT2D eigenvalue weighted by Gasteiger charge is -2.15. The van der Waals surface area contributed by atoms with Crippen LogP contribution in [-0.4, -0.2) is 16.8 Å². The van der Waals surface area contributed by atoms with Crippen LogP contribution >= 0.6 is 0 Å². The lowest BCUT2D eigenvalue weighted by molar-refractivity contribution is -0.114. The molecule has 122 valence electrons. The Kier molecular flexibility index (Phi) is 4.33. The number of fused-ring (bicyclic) bond motifs is 1. The number of aromatic nitrogens is 1. The van der Waals surface area contributed by atoms with Gasteiger partial charge in [-0.25, -0.2) is 0 Å².